The number of aromatic amines is 1. The summed E-state index contributed by atoms with van der Waals surface area (Å²) in [6, 6.07) is 3.95. The summed E-state index contributed by atoms with van der Waals surface area (Å²) in [5, 5.41) is 27.9. The van der Waals surface area contributed by atoms with Gasteiger partial charge in [0.15, 0.2) is 5.69 Å². The van der Waals surface area contributed by atoms with Crippen LogP contribution in [0.15, 0.2) is 33.4 Å². The summed E-state index contributed by atoms with van der Waals surface area (Å²) in [7, 11) is 0. The average molecular weight is 362 g/mol. The van der Waals surface area contributed by atoms with E-state index < -0.39 is 22.0 Å². The second-order valence-electron chi connectivity index (χ2n) is 5.02. The Morgan fingerprint density at radius 1 is 1.48 bits per heavy atom. The molecule has 2 heterocycles. The number of nitro benzene ring substituents is 1. The maximum absolute atomic E-state index is 11.6. The summed E-state index contributed by atoms with van der Waals surface area (Å²) >= 11 is 0.927. The maximum Gasteiger partial charge on any atom is 0.270 e. The Hall–Kier alpha value is -3.28. The van der Waals surface area contributed by atoms with Gasteiger partial charge >= 0.3 is 0 Å². The third-order valence-electron chi connectivity index (χ3n) is 3.30. The highest BCUT2D eigenvalue weighted by Gasteiger charge is 2.30. The van der Waals surface area contributed by atoms with E-state index in [1.165, 1.54) is 18.2 Å². The molecule has 0 spiro atoms. The van der Waals surface area contributed by atoms with E-state index in [4.69, 9.17) is 5.73 Å². The number of aromatic nitrogens is 1. The first-order valence-corrected chi connectivity index (χ1v) is 7.71. The van der Waals surface area contributed by atoms with Crippen LogP contribution in [-0.2, 0) is 9.59 Å². The number of aliphatic imine (C=N–C) groups is 1. The van der Waals surface area contributed by atoms with E-state index in [0.717, 1.165) is 11.8 Å². The Kier molecular flexibility index (Phi) is 4.19. The molecule has 1 aromatic carbocycles. The van der Waals surface area contributed by atoms with Gasteiger partial charge in [-0.25, -0.2) is 0 Å². The van der Waals surface area contributed by atoms with Gasteiger partial charge in [0.05, 0.1) is 10.4 Å². The average Bonchev–Trinajstić information content (AvgIpc) is 3.03. The zero-order chi connectivity index (χ0) is 18.1. The zero-order valence-electron chi connectivity index (χ0n) is 12.4. The van der Waals surface area contributed by atoms with Crippen molar-refractivity contribution in [1.82, 2.24) is 4.98 Å². The third kappa shape index (κ3) is 3.33. The fourth-order valence-corrected chi connectivity index (χ4v) is 3.07. The predicted molar refractivity (Wildman–Crippen MR) is 88.8 cm³/mol. The van der Waals surface area contributed by atoms with E-state index in [-0.39, 0.29) is 28.8 Å². The van der Waals surface area contributed by atoms with Gasteiger partial charge in [-0.05, 0) is 6.07 Å². The van der Waals surface area contributed by atoms with Crippen molar-refractivity contribution in [3.05, 3.63) is 28.3 Å². The molecule has 0 radical (unpaired) electrons. The molecule has 0 saturated carbocycles. The summed E-state index contributed by atoms with van der Waals surface area (Å²) in [4.78, 5) is 39.1. The van der Waals surface area contributed by atoms with Gasteiger partial charge in [-0.1, -0.05) is 11.8 Å². The Labute approximate surface area is 143 Å². The Balaban J connectivity index is 1.89. The quantitative estimate of drug-likeness (QED) is 0.423. The first-order chi connectivity index (χ1) is 11.8. The van der Waals surface area contributed by atoms with E-state index >= 15 is 0 Å². The number of primary amides is 1. The molecule has 1 unspecified atom stereocenters. The lowest BCUT2D eigenvalue weighted by atomic mass is 10.2. The summed E-state index contributed by atoms with van der Waals surface area (Å²) in [6.07, 6.45) is -0.170. The highest BCUT2D eigenvalue weighted by Crippen LogP contribution is 2.38. The summed E-state index contributed by atoms with van der Waals surface area (Å²) in [5.74, 6) is -1.51. The Morgan fingerprint density at radius 2 is 2.24 bits per heavy atom. The summed E-state index contributed by atoms with van der Waals surface area (Å²) in [5.41, 5.74) is 5.29. The minimum atomic E-state index is -0.746. The van der Waals surface area contributed by atoms with Crippen molar-refractivity contribution in [2.24, 2.45) is 21.0 Å². The van der Waals surface area contributed by atoms with Crippen LogP contribution < -0.4 is 5.73 Å². The molecule has 12 heteroatoms. The Morgan fingerprint density at radius 3 is 2.92 bits per heavy atom. The summed E-state index contributed by atoms with van der Waals surface area (Å²) in [6.45, 7) is 0. The molecule has 128 valence electrons. The number of benzene rings is 1. The minimum Gasteiger partial charge on any atom is -0.493 e. The molecular weight excluding hydrogens is 352 g/mol. The SMILES string of the molecule is NC(=O)CC1SC(N=Nc2c(O)[nH]c3ccc([N+](=O)[O-])cc23)=NC1=O. The van der Waals surface area contributed by atoms with Crippen LogP contribution in [-0.4, -0.2) is 37.2 Å². The van der Waals surface area contributed by atoms with Crippen molar-refractivity contribution in [3.8, 4) is 5.88 Å². The molecular formula is C13H10N6O5S. The molecule has 4 N–H and O–H groups in total. The third-order valence-corrected chi connectivity index (χ3v) is 4.33. The lowest BCUT2D eigenvalue weighted by molar-refractivity contribution is -0.384. The van der Waals surface area contributed by atoms with Gasteiger partial charge in [-0.15, -0.1) is 10.2 Å². The van der Waals surface area contributed by atoms with Crippen LogP contribution >= 0.6 is 11.8 Å². The van der Waals surface area contributed by atoms with Crippen LogP contribution in [0.25, 0.3) is 10.9 Å². The van der Waals surface area contributed by atoms with Crippen LogP contribution in [0.5, 0.6) is 5.88 Å². The first kappa shape index (κ1) is 16.6. The number of carbonyl (C=O) groups is 2. The van der Waals surface area contributed by atoms with E-state index in [9.17, 15) is 24.8 Å². The molecule has 2 aromatic rings. The first-order valence-electron chi connectivity index (χ1n) is 6.83. The number of carbonyl (C=O) groups excluding carboxylic acids is 2. The normalized spacial score (nSPS) is 17.4. The lowest BCUT2D eigenvalue weighted by Crippen LogP contribution is -2.21. The fourth-order valence-electron chi connectivity index (χ4n) is 2.19. The number of nitrogens with one attached hydrogen (secondary N) is 1. The van der Waals surface area contributed by atoms with Crippen LogP contribution in [0.4, 0.5) is 11.4 Å². The number of hydrogen-bond acceptors (Lipinski definition) is 8. The zero-order valence-corrected chi connectivity index (χ0v) is 13.2. The number of amidine groups is 1. The molecule has 0 aliphatic carbocycles. The van der Waals surface area contributed by atoms with E-state index in [1.54, 1.807) is 0 Å². The standard InChI is InChI=1S/C13H10N6O5S/c14-9(20)4-8-11(21)16-13(25-8)18-17-10-6-3-5(19(23)24)1-2-7(6)15-12(10)22/h1-3,8,15,22H,4H2,(H2,14,20). The maximum atomic E-state index is 11.6. The van der Waals surface area contributed by atoms with E-state index in [1.807, 2.05) is 0 Å². The molecule has 25 heavy (non-hydrogen) atoms. The largest absolute Gasteiger partial charge is 0.493 e. The van der Waals surface area contributed by atoms with Crippen LogP contribution in [0.1, 0.15) is 6.42 Å². The number of thioether (sulfide) groups is 1. The number of amides is 2. The highest BCUT2D eigenvalue weighted by molar-refractivity contribution is 8.15. The van der Waals surface area contributed by atoms with Gasteiger partial charge in [-0.2, -0.15) is 4.99 Å². The highest BCUT2D eigenvalue weighted by atomic mass is 32.2. The molecule has 2 amide bonds. The monoisotopic (exact) mass is 362 g/mol. The number of hydrogen-bond donors (Lipinski definition) is 3. The van der Waals surface area contributed by atoms with Crippen LogP contribution in [0.3, 0.4) is 0 Å². The number of nitrogens with zero attached hydrogens (tertiary/aromatic N) is 4. The molecule has 1 aliphatic heterocycles. The molecule has 1 aromatic heterocycles. The second-order valence-corrected chi connectivity index (χ2v) is 6.19. The van der Waals surface area contributed by atoms with Gasteiger partial charge in [-0.3, -0.25) is 19.7 Å². The number of H-pyrrole nitrogens is 1. The summed E-state index contributed by atoms with van der Waals surface area (Å²) < 4.78 is 0. The van der Waals surface area contributed by atoms with Crippen molar-refractivity contribution in [2.45, 2.75) is 11.7 Å². The Bertz CT molecular complexity index is 965. The van der Waals surface area contributed by atoms with E-state index in [2.05, 4.69) is 20.2 Å². The molecule has 0 saturated heterocycles. The number of fused-ring (bicyclic) bond motifs is 1. The molecule has 11 nitrogen and oxygen atoms in total. The van der Waals surface area contributed by atoms with Crippen LogP contribution in [0, 0.1) is 10.1 Å². The number of nitrogens with two attached hydrogens (primary N) is 1. The molecule has 1 atom stereocenters. The number of azo groups is 1. The number of rotatable bonds is 4. The second kappa shape index (κ2) is 6.32. The van der Waals surface area contributed by atoms with Gasteiger partial charge in [0.25, 0.3) is 11.6 Å². The number of nitro groups is 1. The van der Waals surface area contributed by atoms with Crippen LogP contribution in [0.2, 0.25) is 0 Å². The van der Waals surface area contributed by atoms with Crippen molar-refractivity contribution in [2.75, 3.05) is 0 Å². The minimum absolute atomic E-state index is 0.00966. The topological polar surface area (TPSA) is 176 Å². The fraction of sp³-hybridized carbons (Fsp3) is 0.154. The molecule has 1 aliphatic rings. The van der Waals surface area contributed by atoms with Crippen molar-refractivity contribution in [3.63, 3.8) is 0 Å². The van der Waals surface area contributed by atoms with Gasteiger partial charge in [0.2, 0.25) is 17.0 Å². The van der Waals surface area contributed by atoms with Gasteiger partial charge in [0, 0.05) is 23.9 Å². The van der Waals surface area contributed by atoms with Crippen molar-refractivity contribution in [1.29, 1.82) is 0 Å². The smallest absolute Gasteiger partial charge is 0.270 e. The number of non-ortho nitro benzene ring substituents is 1. The van der Waals surface area contributed by atoms with E-state index in [0.29, 0.717) is 10.9 Å². The predicted octanol–water partition coefficient (Wildman–Crippen LogP) is 1.74. The lowest BCUT2D eigenvalue weighted by Gasteiger charge is -2.00. The molecule has 0 fully saturated rings. The molecule has 3 rings (SSSR count). The van der Waals surface area contributed by atoms with Gasteiger partial charge in [0.1, 0.15) is 5.25 Å². The van der Waals surface area contributed by atoms with Gasteiger partial charge < -0.3 is 15.8 Å². The number of aromatic hydroxyl groups is 1. The van der Waals surface area contributed by atoms with Crippen molar-refractivity contribution >= 4 is 51.0 Å². The van der Waals surface area contributed by atoms with Crippen molar-refractivity contribution < 1.29 is 19.6 Å². The molecule has 0 bridgehead atoms.